The van der Waals surface area contributed by atoms with Crippen LogP contribution >= 0.6 is 0 Å². The highest BCUT2D eigenvalue weighted by Gasteiger charge is 2.20. The number of allylic oxidation sites excluding steroid dienone is 1. The van der Waals surface area contributed by atoms with E-state index in [2.05, 4.69) is 16.3 Å². The first-order chi connectivity index (χ1) is 14.6. The maximum absolute atomic E-state index is 10.3. The van der Waals surface area contributed by atoms with E-state index in [1.807, 2.05) is 18.2 Å². The molecule has 3 N–H and O–H groups in total. The Morgan fingerprint density at radius 1 is 1.20 bits per heavy atom. The molecule has 3 rings (SSSR count). The van der Waals surface area contributed by atoms with Crippen LogP contribution in [0.4, 0.5) is 0 Å². The lowest BCUT2D eigenvalue weighted by atomic mass is 9.97. The number of ether oxygens (including phenoxy) is 2. The van der Waals surface area contributed by atoms with Crippen molar-refractivity contribution in [3.05, 3.63) is 35.4 Å². The SMILES string of the molecule is COc1cc(CNCCC2=CCCCC2)ccc1OCC(O)CN1CCC(O)CC1. The van der Waals surface area contributed by atoms with Gasteiger partial charge in [0.15, 0.2) is 11.5 Å². The van der Waals surface area contributed by atoms with E-state index in [9.17, 15) is 10.2 Å². The predicted octanol–water partition coefficient (Wildman–Crippen LogP) is 2.87. The van der Waals surface area contributed by atoms with Gasteiger partial charge in [0.1, 0.15) is 12.7 Å². The summed E-state index contributed by atoms with van der Waals surface area (Å²) in [6, 6.07) is 5.97. The Morgan fingerprint density at radius 3 is 2.77 bits per heavy atom. The molecule has 1 aliphatic heterocycles. The lowest BCUT2D eigenvalue weighted by Crippen LogP contribution is -2.41. The van der Waals surface area contributed by atoms with Gasteiger partial charge >= 0.3 is 0 Å². The van der Waals surface area contributed by atoms with Gasteiger partial charge in [-0.25, -0.2) is 0 Å². The van der Waals surface area contributed by atoms with E-state index >= 15 is 0 Å². The number of aliphatic hydroxyl groups excluding tert-OH is 2. The summed E-state index contributed by atoms with van der Waals surface area (Å²) in [5.41, 5.74) is 2.75. The van der Waals surface area contributed by atoms with Crippen LogP contribution in [0.25, 0.3) is 0 Å². The molecule has 1 aromatic carbocycles. The van der Waals surface area contributed by atoms with Crippen LogP contribution in [0.5, 0.6) is 11.5 Å². The summed E-state index contributed by atoms with van der Waals surface area (Å²) in [5, 5.41) is 23.4. The van der Waals surface area contributed by atoms with Crippen molar-refractivity contribution < 1.29 is 19.7 Å². The second-order valence-corrected chi connectivity index (χ2v) is 8.52. The lowest BCUT2D eigenvalue weighted by molar-refractivity contribution is 0.0333. The van der Waals surface area contributed by atoms with E-state index < -0.39 is 6.10 Å². The van der Waals surface area contributed by atoms with Gasteiger partial charge in [-0.2, -0.15) is 0 Å². The second-order valence-electron chi connectivity index (χ2n) is 8.52. The molecule has 168 valence electrons. The molecule has 1 fully saturated rings. The molecule has 0 radical (unpaired) electrons. The fraction of sp³-hybridized carbons (Fsp3) is 0.667. The number of rotatable bonds is 11. The van der Waals surface area contributed by atoms with Gasteiger partial charge in [-0.3, -0.25) is 0 Å². The summed E-state index contributed by atoms with van der Waals surface area (Å²) in [6.45, 7) is 4.22. The van der Waals surface area contributed by atoms with Crippen molar-refractivity contribution in [2.45, 2.75) is 63.7 Å². The van der Waals surface area contributed by atoms with Crippen LogP contribution in [0.2, 0.25) is 0 Å². The number of aliphatic hydroxyl groups is 2. The molecule has 1 unspecified atom stereocenters. The number of benzene rings is 1. The van der Waals surface area contributed by atoms with Gasteiger partial charge in [0.2, 0.25) is 0 Å². The Morgan fingerprint density at radius 2 is 2.03 bits per heavy atom. The van der Waals surface area contributed by atoms with Gasteiger partial charge in [-0.15, -0.1) is 0 Å². The van der Waals surface area contributed by atoms with Crippen molar-refractivity contribution >= 4 is 0 Å². The Labute approximate surface area is 180 Å². The topological polar surface area (TPSA) is 74.2 Å². The Hall–Kier alpha value is -1.60. The lowest BCUT2D eigenvalue weighted by Gasteiger charge is -2.30. The first-order valence-electron chi connectivity index (χ1n) is 11.4. The van der Waals surface area contributed by atoms with E-state index in [0.717, 1.165) is 51.0 Å². The molecule has 0 bridgehead atoms. The van der Waals surface area contributed by atoms with Crippen LogP contribution in [0.3, 0.4) is 0 Å². The molecule has 2 aliphatic rings. The zero-order valence-corrected chi connectivity index (χ0v) is 18.3. The summed E-state index contributed by atoms with van der Waals surface area (Å²) in [4.78, 5) is 2.18. The molecule has 1 heterocycles. The smallest absolute Gasteiger partial charge is 0.161 e. The van der Waals surface area contributed by atoms with Crippen molar-refractivity contribution in [1.82, 2.24) is 10.2 Å². The van der Waals surface area contributed by atoms with Crippen LogP contribution in [0, 0.1) is 0 Å². The molecule has 6 nitrogen and oxygen atoms in total. The summed E-state index contributed by atoms with van der Waals surface area (Å²) < 4.78 is 11.3. The quantitative estimate of drug-likeness (QED) is 0.379. The molecular weight excluding hydrogens is 380 g/mol. The number of hydrogen-bond donors (Lipinski definition) is 3. The first-order valence-corrected chi connectivity index (χ1v) is 11.4. The highest BCUT2D eigenvalue weighted by Crippen LogP contribution is 2.28. The maximum Gasteiger partial charge on any atom is 0.161 e. The number of β-amino-alcohol motifs (C(OH)–C–C–N with tert-alkyl or cyclic N) is 1. The van der Waals surface area contributed by atoms with Crippen molar-refractivity contribution in [2.75, 3.05) is 39.9 Å². The van der Waals surface area contributed by atoms with Gasteiger partial charge in [0.05, 0.1) is 13.2 Å². The molecule has 6 heteroatoms. The second kappa shape index (κ2) is 12.3. The van der Waals surface area contributed by atoms with Gasteiger partial charge in [-0.05, 0) is 69.2 Å². The third-order valence-corrected chi connectivity index (χ3v) is 6.02. The molecule has 30 heavy (non-hydrogen) atoms. The Balaban J connectivity index is 1.40. The predicted molar refractivity (Wildman–Crippen MR) is 119 cm³/mol. The number of methoxy groups -OCH3 is 1. The molecule has 1 saturated heterocycles. The van der Waals surface area contributed by atoms with E-state index in [1.54, 1.807) is 12.7 Å². The van der Waals surface area contributed by atoms with Crippen LogP contribution in [0.1, 0.15) is 50.5 Å². The summed E-state index contributed by atoms with van der Waals surface area (Å²) in [6.07, 6.45) is 9.48. The third kappa shape index (κ3) is 7.58. The van der Waals surface area contributed by atoms with Crippen molar-refractivity contribution in [2.24, 2.45) is 0 Å². The monoisotopic (exact) mass is 418 g/mol. The maximum atomic E-state index is 10.3. The molecule has 0 spiro atoms. The van der Waals surface area contributed by atoms with Crippen LogP contribution < -0.4 is 14.8 Å². The zero-order valence-electron chi connectivity index (χ0n) is 18.3. The molecule has 1 aliphatic carbocycles. The number of piperidine rings is 1. The summed E-state index contributed by atoms with van der Waals surface area (Å²) in [5.74, 6) is 1.35. The van der Waals surface area contributed by atoms with Gasteiger partial charge < -0.3 is 29.9 Å². The molecule has 1 aromatic rings. The average Bonchev–Trinajstić information content (AvgIpc) is 2.78. The fourth-order valence-electron chi connectivity index (χ4n) is 4.19. The van der Waals surface area contributed by atoms with Gasteiger partial charge in [0, 0.05) is 26.2 Å². The van der Waals surface area contributed by atoms with Crippen molar-refractivity contribution in [1.29, 1.82) is 0 Å². The van der Waals surface area contributed by atoms with E-state index in [-0.39, 0.29) is 12.7 Å². The van der Waals surface area contributed by atoms with Gasteiger partial charge in [-0.1, -0.05) is 17.7 Å². The average molecular weight is 419 g/mol. The van der Waals surface area contributed by atoms with Crippen molar-refractivity contribution in [3.63, 3.8) is 0 Å². The third-order valence-electron chi connectivity index (χ3n) is 6.02. The zero-order chi connectivity index (χ0) is 21.2. The minimum absolute atomic E-state index is 0.198. The highest BCUT2D eigenvalue weighted by atomic mass is 16.5. The summed E-state index contributed by atoms with van der Waals surface area (Å²) >= 11 is 0. The largest absolute Gasteiger partial charge is 0.493 e. The molecule has 1 atom stereocenters. The minimum atomic E-state index is -0.569. The molecule has 0 amide bonds. The molecular formula is C24H38N2O4. The normalized spacial score (nSPS) is 19.4. The van der Waals surface area contributed by atoms with Crippen LogP contribution in [-0.4, -0.2) is 67.2 Å². The van der Waals surface area contributed by atoms with Crippen LogP contribution in [-0.2, 0) is 6.54 Å². The molecule has 0 aromatic heterocycles. The number of hydrogen-bond acceptors (Lipinski definition) is 6. The summed E-state index contributed by atoms with van der Waals surface area (Å²) in [7, 11) is 1.64. The standard InChI is InChI=1S/C24H38N2O4/c1-29-24-15-20(16-25-12-9-19-5-3-2-4-6-19)7-8-23(24)30-18-22(28)17-26-13-10-21(27)11-14-26/h5,7-8,15,21-22,25,27-28H,2-4,6,9-14,16-18H2,1H3. The fourth-order valence-corrected chi connectivity index (χ4v) is 4.19. The number of nitrogens with one attached hydrogen (secondary N) is 1. The van der Waals surface area contributed by atoms with E-state index in [0.29, 0.717) is 18.0 Å². The van der Waals surface area contributed by atoms with E-state index in [4.69, 9.17) is 9.47 Å². The Kier molecular flexibility index (Phi) is 9.46. The minimum Gasteiger partial charge on any atom is -0.493 e. The van der Waals surface area contributed by atoms with E-state index in [1.165, 1.54) is 25.7 Å². The number of nitrogens with zero attached hydrogens (tertiary/aromatic N) is 1. The Bertz CT molecular complexity index is 671. The number of likely N-dealkylation sites (tertiary alicyclic amines) is 1. The molecule has 0 saturated carbocycles. The van der Waals surface area contributed by atoms with Gasteiger partial charge in [0.25, 0.3) is 0 Å². The highest BCUT2D eigenvalue weighted by molar-refractivity contribution is 5.43. The first kappa shape index (κ1) is 23.1. The van der Waals surface area contributed by atoms with Crippen LogP contribution in [0.15, 0.2) is 29.8 Å². The van der Waals surface area contributed by atoms with Crippen molar-refractivity contribution in [3.8, 4) is 11.5 Å².